The Labute approximate surface area is 105 Å². The molecule has 3 aliphatic carbocycles. The van der Waals surface area contributed by atoms with Gasteiger partial charge in [0.1, 0.15) is 0 Å². The summed E-state index contributed by atoms with van der Waals surface area (Å²) in [4.78, 5) is 0. The molecule has 1 N–H and O–H groups in total. The van der Waals surface area contributed by atoms with Crippen LogP contribution in [0.15, 0.2) is 23.8 Å². The van der Waals surface area contributed by atoms with Crippen molar-refractivity contribution >= 4 is 0 Å². The lowest BCUT2D eigenvalue weighted by Crippen LogP contribution is -2.40. The van der Waals surface area contributed by atoms with E-state index in [9.17, 15) is 0 Å². The zero-order valence-electron chi connectivity index (χ0n) is 11.2. The molecule has 0 amide bonds. The van der Waals surface area contributed by atoms with Crippen LogP contribution in [0.1, 0.15) is 39.0 Å². The van der Waals surface area contributed by atoms with Crippen molar-refractivity contribution in [3.8, 4) is 0 Å². The normalized spacial score (nSPS) is 41.6. The Bertz CT molecular complexity index is 331. The Morgan fingerprint density at radius 3 is 2.59 bits per heavy atom. The zero-order valence-corrected chi connectivity index (χ0v) is 11.2. The van der Waals surface area contributed by atoms with E-state index >= 15 is 0 Å². The Balaban J connectivity index is 1.66. The highest BCUT2D eigenvalue weighted by molar-refractivity contribution is 5.30. The van der Waals surface area contributed by atoms with Gasteiger partial charge in [-0.2, -0.15) is 0 Å². The van der Waals surface area contributed by atoms with E-state index in [0.29, 0.717) is 0 Å². The smallest absolute Gasteiger partial charge is 0.00757 e. The van der Waals surface area contributed by atoms with E-state index in [0.717, 1.165) is 29.7 Å². The summed E-state index contributed by atoms with van der Waals surface area (Å²) >= 11 is 0. The van der Waals surface area contributed by atoms with Crippen LogP contribution in [-0.2, 0) is 0 Å². The predicted octanol–water partition coefficient (Wildman–Crippen LogP) is 3.53. The van der Waals surface area contributed by atoms with Crippen LogP contribution in [0.25, 0.3) is 0 Å². The topological polar surface area (TPSA) is 12.0 Å². The second kappa shape index (κ2) is 4.61. The van der Waals surface area contributed by atoms with Crippen molar-refractivity contribution < 1.29 is 0 Å². The van der Waals surface area contributed by atoms with Gasteiger partial charge in [0.15, 0.2) is 0 Å². The zero-order chi connectivity index (χ0) is 11.8. The molecule has 0 spiro atoms. The standard InChI is InChI=1S/C16H25N/c1-11-6-7-13(14-8-15(9-14)17-2)10-16(11)12-4-3-5-12/h6-7,10-12,14-17H,3-5,8-9H2,1-2H3. The van der Waals surface area contributed by atoms with Gasteiger partial charge >= 0.3 is 0 Å². The lowest BCUT2D eigenvalue weighted by atomic mass is 9.66. The average Bonchev–Trinajstić information content (AvgIpc) is 2.18. The third-order valence-electron chi connectivity index (χ3n) is 5.30. The summed E-state index contributed by atoms with van der Waals surface area (Å²) in [7, 11) is 2.09. The van der Waals surface area contributed by atoms with Gasteiger partial charge < -0.3 is 5.32 Å². The minimum absolute atomic E-state index is 0.768. The molecule has 2 unspecified atom stereocenters. The summed E-state index contributed by atoms with van der Waals surface area (Å²) in [5.74, 6) is 3.45. The molecule has 3 rings (SSSR count). The highest BCUT2D eigenvalue weighted by Gasteiger charge is 2.34. The molecule has 0 heterocycles. The summed E-state index contributed by atoms with van der Waals surface area (Å²) in [6, 6.07) is 0.774. The molecule has 94 valence electrons. The van der Waals surface area contributed by atoms with Crippen molar-refractivity contribution in [2.24, 2.45) is 23.7 Å². The fraction of sp³-hybridized carbons (Fsp3) is 0.750. The SMILES string of the molecule is CNC1CC(C2=CC(C3CCC3)C(C)C=C2)C1. The first kappa shape index (κ1) is 11.5. The van der Waals surface area contributed by atoms with E-state index in [1.165, 1.54) is 32.1 Å². The van der Waals surface area contributed by atoms with Gasteiger partial charge in [0.25, 0.3) is 0 Å². The molecule has 3 aliphatic rings. The first-order chi connectivity index (χ1) is 8.28. The summed E-state index contributed by atoms with van der Waals surface area (Å²) in [6.45, 7) is 2.39. The van der Waals surface area contributed by atoms with Crippen molar-refractivity contribution in [3.05, 3.63) is 23.8 Å². The third-order valence-corrected chi connectivity index (χ3v) is 5.30. The summed E-state index contributed by atoms with van der Waals surface area (Å²) in [5.41, 5.74) is 1.64. The largest absolute Gasteiger partial charge is 0.317 e. The molecule has 0 aromatic rings. The predicted molar refractivity (Wildman–Crippen MR) is 72.8 cm³/mol. The van der Waals surface area contributed by atoms with Crippen LogP contribution in [0, 0.1) is 23.7 Å². The first-order valence-corrected chi connectivity index (χ1v) is 7.35. The van der Waals surface area contributed by atoms with Crippen LogP contribution in [0.3, 0.4) is 0 Å². The van der Waals surface area contributed by atoms with Crippen LogP contribution >= 0.6 is 0 Å². The van der Waals surface area contributed by atoms with Gasteiger partial charge in [-0.1, -0.05) is 31.6 Å². The molecule has 17 heavy (non-hydrogen) atoms. The summed E-state index contributed by atoms with van der Waals surface area (Å²) in [5, 5.41) is 3.38. The second-order valence-electron chi connectivity index (χ2n) is 6.31. The Morgan fingerprint density at radius 1 is 1.24 bits per heavy atom. The van der Waals surface area contributed by atoms with Crippen LogP contribution in [0.4, 0.5) is 0 Å². The minimum atomic E-state index is 0.768. The molecule has 2 saturated carbocycles. The van der Waals surface area contributed by atoms with Crippen molar-refractivity contribution in [2.45, 2.75) is 45.1 Å². The first-order valence-electron chi connectivity index (χ1n) is 7.35. The van der Waals surface area contributed by atoms with Gasteiger partial charge in [0, 0.05) is 6.04 Å². The fourth-order valence-electron chi connectivity index (χ4n) is 3.61. The summed E-state index contributed by atoms with van der Waals surface area (Å²) in [6.07, 6.45) is 14.6. The number of allylic oxidation sites excluding steroid dienone is 4. The van der Waals surface area contributed by atoms with E-state index in [-0.39, 0.29) is 0 Å². The van der Waals surface area contributed by atoms with E-state index in [2.05, 4.69) is 37.5 Å². The van der Waals surface area contributed by atoms with E-state index in [1.54, 1.807) is 5.57 Å². The highest BCUT2D eigenvalue weighted by atomic mass is 14.9. The third kappa shape index (κ3) is 2.10. The van der Waals surface area contributed by atoms with Gasteiger partial charge in [-0.15, -0.1) is 0 Å². The number of nitrogens with one attached hydrogen (secondary N) is 1. The number of rotatable bonds is 3. The van der Waals surface area contributed by atoms with E-state index in [1.807, 2.05) is 0 Å². The van der Waals surface area contributed by atoms with Crippen LogP contribution in [-0.4, -0.2) is 13.1 Å². The second-order valence-corrected chi connectivity index (χ2v) is 6.31. The molecule has 2 atom stereocenters. The molecular weight excluding hydrogens is 206 g/mol. The lowest BCUT2D eigenvalue weighted by molar-refractivity contribution is 0.203. The maximum Gasteiger partial charge on any atom is 0.00757 e. The molecule has 1 nitrogen and oxygen atoms in total. The molecular formula is C16H25N. The molecule has 0 radical (unpaired) electrons. The monoisotopic (exact) mass is 231 g/mol. The minimum Gasteiger partial charge on any atom is -0.317 e. The van der Waals surface area contributed by atoms with Crippen LogP contribution in [0.2, 0.25) is 0 Å². The molecule has 0 saturated heterocycles. The van der Waals surface area contributed by atoms with Crippen molar-refractivity contribution in [1.29, 1.82) is 0 Å². The fourth-order valence-corrected chi connectivity index (χ4v) is 3.61. The van der Waals surface area contributed by atoms with Crippen molar-refractivity contribution in [2.75, 3.05) is 7.05 Å². The average molecular weight is 231 g/mol. The molecule has 0 aromatic heterocycles. The molecule has 0 aliphatic heterocycles. The van der Waals surface area contributed by atoms with Gasteiger partial charge in [-0.25, -0.2) is 0 Å². The van der Waals surface area contributed by atoms with Gasteiger partial charge in [-0.05, 0) is 62.0 Å². The highest BCUT2D eigenvalue weighted by Crippen LogP contribution is 2.44. The molecule has 2 fully saturated rings. The summed E-state index contributed by atoms with van der Waals surface area (Å²) < 4.78 is 0. The Morgan fingerprint density at radius 2 is 2.00 bits per heavy atom. The number of hydrogen-bond acceptors (Lipinski definition) is 1. The van der Waals surface area contributed by atoms with Crippen molar-refractivity contribution in [1.82, 2.24) is 5.32 Å². The maximum absolute atomic E-state index is 3.38. The Kier molecular flexibility index (Phi) is 3.12. The van der Waals surface area contributed by atoms with Crippen LogP contribution in [0.5, 0.6) is 0 Å². The van der Waals surface area contributed by atoms with Gasteiger partial charge in [0.05, 0.1) is 0 Å². The number of hydrogen-bond donors (Lipinski definition) is 1. The molecule has 1 heteroatoms. The lowest BCUT2D eigenvalue weighted by Gasteiger charge is -2.41. The van der Waals surface area contributed by atoms with E-state index in [4.69, 9.17) is 0 Å². The Hall–Kier alpha value is -0.560. The maximum atomic E-state index is 3.38. The van der Waals surface area contributed by atoms with Gasteiger partial charge in [-0.3, -0.25) is 0 Å². The van der Waals surface area contributed by atoms with Gasteiger partial charge in [0.2, 0.25) is 0 Å². The quantitative estimate of drug-likeness (QED) is 0.783. The van der Waals surface area contributed by atoms with Crippen LogP contribution < -0.4 is 5.32 Å². The van der Waals surface area contributed by atoms with Crippen molar-refractivity contribution in [3.63, 3.8) is 0 Å². The molecule has 0 aromatic carbocycles. The molecule has 0 bridgehead atoms. The van der Waals surface area contributed by atoms with E-state index < -0.39 is 0 Å².